The van der Waals surface area contributed by atoms with Crippen LogP contribution in [0.25, 0.3) is 11.3 Å². The molecule has 8 heteroatoms. The van der Waals surface area contributed by atoms with Crippen LogP contribution >= 0.6 is 0 Å². The Morgan fingerprint density at radius 3 is 2.63 bits per heavy atom. The molecule has 2 heterocycles. The number of carbonyl (C=O) groups excluding carboxylic acids is 1. The van der Waals surface area contributed by atoms with E-state index in [1.54, 1.807) is 35.4 Å². The number of anilines is 1. The molecule has 1 amide bonds. The first-order valence-electron chi connectivity index (χ1n) is 8.37. The van der Waals surface area contributed by atoms with Gasteiger partial charge in [-0.05, 0) is 49.4 Å². The van der Waals surface area contributed by atoms with Crippen LogP contribution in [0.3, 0.4) is 0 Å². The van der Waals surface area contributed by atoms with Gasteiger partial charge in [0.15, 0.2) is 12.2 Å². The van der Waals surface area contributed by atoms with E-state index in [0.29, 0.717) is 24.3 Å². The SMILES string of the molecule is CNS(=O)(=O)c1ccc2c(c1)CCN2C(=O)c1ccc(-c2cnco2)cc1. The van der Waals surface area contributed by atoms with Gasteiger partial charge in [0, 0.05) is 23.4 Å². The number of benzene rings is 2. The summed E-state index contributed by atoms with van der Waals surface area (Å²) in [6.07, 6.45) is 3.59. The fraction of sp³-hybridized carbons (Fsp3) is 0.158. The maximum atomic E-state index is 12.9. The summed E-state index contributed by atoms with van der Waals surface area (Å²) in [7, 11) is -2.13. The largest absolute Gasteiger partial charge is 0.444 e. The topological polar surface area (TPSA) is 92.5 Å². The van der Waals surface area contributed by atoms with Crippen LogP contribution in [0.5, 0.6) is 0 Å². The van der Waals surface area contributed by atoms with Crippen molar-refractivity contribution in [2.75, 3.05) is 18.5 Å². The molecule has 0 atom stereocenters. The van der Waals surface area contributed by atoms with Crippen molar-refractivity contribution in [1.82, 2.24) is 9.71 Å². The van der Waals surface area contributed by atoms with E-state index < -0.39 is 10.0 Å². The Hall–Kier alpha value is -2.97. The van der Waals surface area contributed by atoms with Gasteiger partial charge in [0.25, 0.3) is 5.91 Å². The highest BCUT2D eigenvalue weighted by atomic mass is 32.2. The third-order valence-electron chi connectivity index (χ3n) is 4.62. The first-order chi connectivity index (χ1) is 13.0. The van der Waals surface area contributed by atoms with Crippen LogP contribution in [0.2, 0.25) is 0 Å². The molecule has 0 saturated heterocycles. The molecular weight excluding hydrogens is 366 g/mol. The smallest absolute Gasteiger partial charge is 0.258 e. The van der Waals surface area contributed by atoms with Crippen molar-refractivity contribution >= 4 is 21.6 Å². The second-order valence-corrected chi connectivity index (χ2v) is 8.03. The third kappa shape index (κ3) is 3.13. The van der Waals surface area contributed by atoms with Gasteiger partial charge >= 0.3 is 0 Å². The van der Waals surface area contributed by atoms with Gasteiger partial charge in [-0.3, -0.25) is 4.79 Å². The van der Waals surface area contributed by atoms with Crippen LogP contribution in [0.1, 0.15) is 15.9 Å². The van der Waals surface area contributed by atoms with E-state index in [-0.39, 0.29) is 10.8 Å². The molecular formula is C19H17N3O4S. The Morgan fingerprint density at radius 2 is 1.96 bits per heavy atom. The molecule has 0 aliphatic carbocycles. The summed E-state index contributed by atoms with van der Waals surface area (Å²) >= 11 is 0. The Balaban J connectivity index is 1.60. The van der Waals surface area contributed by atoms with Gasteiger partial charge < -0.3 is 9.32 Å². The quantitative estimate of drug-likeness (QED) is 0.747. The molecule has 27 heavy (non-hydrogen) atoms. The number of sulfonamides is 1. The zero-order valence-electron chi connectivity index (χ0n) is 14.5. The molecule has 0 unspecified atom stereocenters. The molecule has 0 fully saturated rings. The van der Waals surface area contributed by atoms with E-state index in [4.69, 9.17) is 4.42 Å². The molecule has 1 aromatic heterocycles. The number of oxazole rings is 1. The first kappa shape index (κ1) is 17.4. The lowest BCUT2D eigenvalue weighted by molar-refractivity contribution is 0.0989. The Labute approximate surface area is 156 Å². The average molecular weight is 383 g/mol. The highest BCUT2D eigenvalue weighted by Gasteiger charge is 2.27. The monoisotopic (exact) mass is 383 g/mol. The standard InChI is InChI=1S/C19H17N3O4S/c1-20-27(24,25)16-6-7-17-15(10-16)8-9-22(17)19(23)14-4-2-13(3-5-14)18-11-21-12-26-18/h2-7,10-12,20H,8-9H2,1H3. The summed E-state index contributed by atoms with van der Waals surface area (Å²) in [5.41, 5.74) is 2.98. The third-order valence-corrected chi connectivity index (χ3v) is 6.03. The molecule has 4 rings (SSSR count). The van der Waals surface area contributed by atoms with Gasteiger partial charge in [-0.1, -0.05) is 12.1 Å². The summed E-state index contributed by atoms with van der Waals surface area (Å²) in [5, 5.41) is 0. The highest BCUT2D eigenvalue weighted by Crippen LogP contribution is 2.31. The van der Waals surface area contributed by atoms with Crippen molar-refractivity contribution in [3.8, 4) is 11.3 Å². The van der Waals surface area contributed by atoms with Gasteiger partial charge in [-0.2, -0.15) is 0 Å². The second-order valence-electron chi connectivity index (χ2n) is 6.15. The van der Waals surface area contributed by atoms with E-state index in [2.05, 4.69) is 9.71 Å². The van der Waals surface area contributed by atoms with Gasteiger partial charge in [0.1, 0.15) is 0 Å². The zero-order chi connectivity index (χ0) is 19.0. The van der Waals surface area contributed by atoms with Gasteiger partial charge in [0.05, 0.1) is 11.1 Å². The van der Waals surface area contributed by atoms with Crippen LogP contribution in [0, 0.1) is 0 Å². The maximum Gasteiger partial charge on any atom is 0.258 e. The summed E-state index contributed by atoms with van der Waals surface area (Å²) in [4.78, 5) is 18.7. The highest BCUT2D eigenvalue weighted by molar-refractivity contribution is 7.89. The fourth-order valence-corrected chi connectivity index (χ4v) is 3.95. The number of nitrogens with one attached hydrogen (secondary N) is 1. The zero-order valence-corrected chi connectivity index (χ0v) is 15.4. The number of fused-ring (bicyclic) bond motifs is 1. The molecule has 1 N–H and O–H groups in total. The first-order valence-corrected chi connectivity index (χ1v) is 9.85. The lowest BCUT2D eigenvalue weighted by Gasteiger charge is -2.18. The molecule has 0 bridgehead atoms. The molecule has 2 aromatic carbocycles. The van der Waals surface area contributed by atoms with Crippen LogP contribution < -0.4 is 9.62 Å². The maximum absolute atomic E-state index is 12.9. The molecule has 0 spiro atoms. The summed E-state index contributed by atoms with van der Waals surface area (Å²) in [5.74, 6) is 0.515. The minimum atomic E-state index is -3.50. The predicted octanol–water partition coefficient (Wildman–Crippen LogP) is 2.45. The number of rotatable bonds is 4. The second kappa shape index (κ2) is 6.64. The predicted molar refractivity (Wildman–Crippen MR) is 100 cm³/mol. The molecule has 7 nitrogen and oxygen atoms in total. The Morgan fingerprint density at radius 1 is 1.19 bits per heavy atom. The number of amides is 1. The number of hydrogen-bond donors (Lipinski definition) is 1. The van der Waals surface area contributed by atoms with Gasteiger partial charge in [0.2, 0.25) is 10.0 Å². The van der Waals surface area contributed by atoms with E-state index in [1.807, 2.05) is 12.1 Å². The molecule has 1 aliphatic rings. The number of nitrogens with zero attached hydrogens (tertiary/aromatic N) is 2. The molecule has 3 aromatic rings. The summed E-state index contributed by atoms with van der Waals surface area (Å²) in [6.45, 7) is 0.515. The van der Waals surface area contributed by atoms with Crippen molar-refractivity contribution in [2.45, 2.75) is 11.3 Å². The number of aromatic nitrogens is 1. The van der Waals surface area contributed by atoms with Crippen molar-refractivity contribution in [2.24, 2.45) is 0 Å². The minimum absolute atomic E-state index is 0.123. The molecule has 138 valence electrons. The van der Waals surface area contributed by atoms with Gasteiger partial charge in [-0.15, -0.1) is 0 Å². The summed E-state index contributed by atoms with van der Waals surface area (Å²) in [6, 6.07) is 12.0. The normalized spacial score (nSPS) is 13.6. The van der Waals surface area contributed by atoms with Gasteiger partial charge in [-0.25, -0.2) is 18.1 Å². The van der Waals surface area contributed by atoms with E-state index >= 15 is 0 Å². The Kier molecular flexibility index (Phi) is 4.29. The molecule has 0 saturated carbocycles. The lowest BCUT2D eigenvalue weighted by atomic mass is 10.1. The Bertz CT molecular complexity index is 1090. The van der Waals surface area contributed by atoms with Crippen molar-refractivity contribution in [3.05, 3.63) is 66.2 Å². The average Bonchev–Trinajstić information content (AvgIpc) is 3.37. The molecule has 1 aliphatic heterocycles. The number of carbonyl (C=O) groups is 1. The van der Waals surface area contributed by atoms with E-state index in [0.717, 1.165) is 16.8 Å². The van der Waals surface area contributed by atoms with E-state index in [9.17, 15) is 13.2 Å². The van der Waals surface area contributed by atoms with Crippen molar-refractivity contribution < 1.29 is 17.6 Å². The summed E-state index contributed by atoms with van der Waals surface area (Å²) < 4.78 is 31.5. The minimum Gasteiger partial charge on any atom is -0.444 e. The van der Waals surface area contributed by atoms with Crippen LogP contribution in [0.4, 0.5) is 5.69 Å². The van der Waals surface area contributed by atoms with Crippen LogP contribution in [-0.2, 0) is 16.4 Å². The van der Waals surface area contributed by atoms with Crippen LogP contribution in [-0.4, -0.2) is 32.9 Å². The van der Waals surface area contributed by atoms with Crippen LogP contribution in [0.15, 0.2) is 64.4 Å². The lowest BCUT2D eigenvalue weighted by Crippen LogP contribution is -2.28. The van der Waals surface area contributed by atoms with Crippen molar-refractivity contribution in [3.63, 3.8) is 0 Å². The van der Waals surface area contributed by atoms with Crippen molar-refractivity contribution in [1.29, 1.82) is 0 Å². The molecule has 0 radical (unpaired) electrons. The number of hydrogen-bond acceptors (Lipinski definition) is 5. The fourth-order valence-electron chi connectivity index (χ4n) is 3.17. The van der Waals surface area contributed by atoms with E-state index in [1.165, 1.54) is 19.5 Å².